The van der Waals surface area contributed by atoms with E-state index in [2.05, 4.69) is 17.1 Å². The highest BCUT2D eigenvalue weighted by Crippen LogP contribution is 2.42. The summed E-state index contributed by atoms with van der Waals surface area (Å²) in [5, 5.41) is 8.91. The summed E-state index contributed by atoms with van der Waals surface area (Å²) >= 11 is 1.24. The van der Waals surface area contributed by atoms with Crippen LogP contribution < -0.4 is 15.1 Å². The first-order chi connectivity index (χ1) is 17.0. The molecule has 35 heavy (non-hydrogen) atoms. The molecule has 180 valence electrons. The molecule has 0 radical (unpaired) electrons. The van der Waals surface area contributed by atoms with Gasteiger partial charge in [-0.1, -0.05) is 49.7 Å². The first-order valence-electron chi connectivity index (χ1n) is 11.9. The quantitative estimate of drug-likeness (QED) is 0.284. The van der Waals surface area contributed by atoms with Crippen molar-refractivity contribution in [3.8, 4) is 5.75 Å². The SMILES string of the molecule is CCCCCCOc1ccc(C2c3c(oc4cc(C)c(C)cc4c3=O)C(=O)N2c2nncs2)cc1. The molecule has 1 unspecified atom stereocenters. The molecular formula is C27H27N3O4S. The van der Waals surface area contributed by atoms with Gasteiger partial charge < -0.3 is 9.15 Å². The van der Waals surface area contributed by atoms with E-state index in [0.29, 0.717) is 28.3 Å². The van der Waals surface area contributed by atoms with E-state index >= 15 is 0 Å². The van der Waals surface area contributed by atoms with Gasteiger partial charge in [0, 0.05) is 0 Å². The van der Waals surface area contributed by atoms with Gasteiger partial charge in [-0.05, 0) is 61.2 Å². The van der Waals surface area contributed by atoms with Gasteiger partial charge in [0.1, 0.15) is 16.8 Å². The molecule has 4 aromatic rings. The number of anilines is 1. The van der Waals surface area contributed by atoms with E-state index in [1.165, 1.54) is 29.1 Å². The monoisotopic (exact) mass is 489 g/mol. The number of hydrogen-bond acceptors (Lipinski definition) is 7. The third-order valence-electron chi connectivity index (χ3n) is 6.50. The first-order valence-corrected chi connectivity index (χ1v) is 12.8. The van der Waals surface area contributed by atoms with Crippen molar-refractivity contribution in [3.05, 3.63) is 80.1 Å². The second-order valence-corrected chi connectivity index (χ2v) is 9.70. The molecule has 0 bridgehead atoms. The molecule has 1 aliphatic heterocycles. The van der Waals surface area contributed by atoms with E-state index in [0.717, 1.165) is 35.3 Å². The molecule has 0 spiro atoms. The lowest BCUT2D eigenvalue weighted by Crippen LogP contribution is -2.29. The van der Waals surface area contributed by atoms with E-state index in [9.17, 15) is 9.59 Å². The number of nitrogens with zero attached hydrogens (tertiary/aromatic N) is 3. The second kappa shape index (κ2) is 9.62. The highest BCUT2D eigenvalue weighted by atomic mass is 32.1. The van der Waals surface area contributed by atoms with E-state index in [-0.39, 0.29) is 11.2 Å². The maximum Gasteiger partial charge on any atom is 0.297 e. The summed E-state index contributed by atoms with van der Waals surface area (Å²) in [6.07, 6.45) is 4.55. The van der Waals surface area contributed by atoms with Gasteiger partial charge in [-0.25, -0.2) is 0 Å². The topological polar surface area (TPSA) is 85.5 Å². The summed E-state index contributed by atoms with van der Waals surface area (Å²) in [4.78, 5) is 28.8. The lowest BCUT2D eigenvalue weighted by Gasteiger charge is -2.22. The largest absolute Gasteiger partial charge is 0.494 e. The Bertz CT molecular complexity index is 1430. The zero-order chi connectivity index (χ0) is 24.5. The molecule has 0 saturated carbocycles. The number of benzene rings is 2. The van der Waals surface area contributed by atoms with Crippen molar-refractivity contribution in [3.63, 3.8) is 0 Å². The lowest BCUT2D eigenvalue weighted by molar-refractivity contribution is 0.0970. The van der Waals surface area contributed by atoms with Crippen LogP contribution in [0.25, 0.3) is 11.0 Å². The summed E-state index contributed by atoms with van der Waals surface area (Å²) in [5.74, 6) is 0.423. The second-order valence-electron chi connectivity index (χ2n) is 8.88. The molecule has 3 heterocycles. The third kappa shape index (κ3) is 4.23. The number of amides is 1. The van der Waals surface area contributed by atoms with Gasteiger partial charge in [-0.15, -0.1) is 10.2 Å². The van der Waals surface area contributed by atoms with E-state index in [4.69, 9.17) is 9.15 Å². The number of carbonyl (C=O) groups is 1. The Morgan fingerprint density at radius 3 is 2.54 bits per heavy atom. The van der Waals surface area contributed by atoms with Crippen LogP contribution in [0.15, 0.2) is 51.1 Å². The van der Waals surface area contributed by atoms with Gasteiger partial charge >= 0.3 is 0 Å². The van der Waals surface area contributed by atoms with Crippen molar-refractivity contribution < 1.29 is 13.9 Å². The summed E-state index contributed by atoms with van der Waals surface area (Å²) < 4.78 is 11.9. The molecule has 1 atom stereocenters. The van der Waals surface area contributed by atoms with Gasteiger partial charge in [0.05, 0.1) is 23.6 Å². The number of aromatic nitrogens is 2. The van der Waals surface area contributed by atoms with Crippen molar-refractivity contribution in [2.24, 2.45) is 0 Å². The summed E-state index contributed by atoms with van der Waals surface area (Å²) in [5.41, 5.74) is 4.87. The van der Waals surface area contributed by atoms with Crippen LogP contribution in [-0.2, 0) is 0 Å². The Kier molecular flexibility index (Phi) is 6.38. The summed E-state index contributed by atoms with van der Waals surface area (Å²) in [7, 11) is 0. The third-order valence-corrected chi connectivity index (χ3v) is 7.19. The fourth-order valence-corrected chi connectivity index (χ4v) is 5.06. The number of carbonyl (C=O) groups excluding carboxylic acids is 1. The van der Waals surface area contributed by atoms with Crippen LogP contribution >= 0.6 is 11.3 Å². The average Bonchev–Trinajstić information content (AvgIpc) is 3.48. The number of hydrogen-bond donors (Lipinski definition) is 0. The molecule has 2 aromatic carbocycles. The van der Waals surface area contributed by atoms with Crippen LogP contribution in [-0.4, -0.2) is 22.7 Å². The van der Waals surface area contributed by atoms with E-state index < -0.39 is 11.9 Å². The van der Waals surface area contributed by atoms with Crippen LogP contribution in [0.5, 0.6) is 5.75 Å². The standard InChI is InChI=1S/C27H27N3O4S/c1-4-5-6-7-12-33-19-10-8-18(9-11-19)23-22-24(31)20-13-16(2)17(3)14-21(20)34-25(22)26(32)30(23)27-29-28-15-35-27/h8-11,13-15,23H,4-7,12H2,1-3H3. The molecule has 1 amide bonds. The maximum absolute atomic E-state index is 13.7. The predicted molar refractivity (Wildman–Crippen MR) is 137 cm³/mol. The average molecular weight is 490 g/mol. The highest BCUT2D eigenvalue weighted by molar-refractivity contribution is 7.13. The number of aryl methyl sites for hydroxylation is 2. The fourth-order valence-electron chi connectivity index (χ4n) is 4.48. The number of unbranched alkanes of at least 4 members (excludes halogenated alkanes) is 3. The van der Waals surface area contributed by atoms with Gasteiger partial charge in [-0.2, -0.15) is 0 Å². The van der Waals surface area contributed by atoms with Gasteiger partial charge in [0.25, 0.3) is 5.91 Å². The van der Waals surface area contributed by atoms with Crippen LogP contribution in [0.4, 0.5) is 5.13 Å². The van der Waals surface area contributed by atoms with Gasteiger partial charge in [-0.3, -0.25) is 14.5 Å². The molecule has 0 aliphatic carbocycles. The molecule has 5 rings (SSSR count). The van der Waals surface area contributed by atoms with Crippen molar-refractivity contribution in [1.82, 2.24) is 10.2 Å². The number of fused-ring (bicyclic) bond motifs is 2. The first kappa shape index (κ1) is 23.2. The minimum atomic E-state index is -0.661. The smallest absolute Gasteiger partial charge is 0.297 e. The summed E-state index contributed by atoms with van der Waals surface area (Å²) in [6, 6.07) is 10.5. The minimum absolute atomic E-state index is 0.0576. The van der Waals surface area contributed by atoms with Crippen molar-refractivity contribution in [2.45, 2.75) is 52.5 Å². The molecule has 7 nitrogen and oxygen atoms in total. The molecule has 0 N–H and O–H groups in total. The molecule has 2 aromatic heterocycles. The van der Waals surface area contributed by atoms with E-state index in [1.807, 2.05) is 50.2 Å². The zero-order valence-electron chi connectivity index (χ0n) is 20.0. The van der Waals surface area contributed by atoms with Crippen LogP contribution in [0.1, 0.15) is 71.5 Å². The summed E-state index contributed by atoms with van der Waals surface area (Å²) in [6.45, 7) is 6.75. The Labute approximate surface area is 207 Å². The van der Waals surface area contributed by atoms with Crippen LogP contribution in [0, 0.1) is 13.8 Å². The Morgan fingerprint density at radius 1 is 1.06 bits per heavy atom. The molecule has 8 heteroatoms. The van der Waals surface area contributed by atoms with Crippen LogP contribution in [0.2, 0.25) is 0 Å². The molecular weight excluding hydrogens is 462 g/mol. The van der Waals surface area contributed by atoms with Gasteiger partial charge in [0.15, 0.2) is 5.43 Å². The number of ether oxygens (including phenoxy) is 1. The van der Waals surface area contributed by atoms with Crippen molar-refractivity contribution in [1.29, 1.82) is 0 Å². The lowest BCUT2D eigenvalue weighted by atomic mass is 9.97. The van der Waals surface area contributed by atoms with Crippen LogP contribution in [0.3, 0.4) is 0 Å². The van der Waals surface area contributed by atoms with Crippen molar-refractivity contribution in [2.75, 3.05) is 11.5 Å². The molecule has 1 aliphatic rings. The highest BCUT2D eigenvalue weighted by Gasteiger charge is 2.45. The zero-order valence-corrected chi connectivity index (χ0v) is 20.9. The fraction of sp³-hybridized carbons (Fsp3) is 0.333. The molecule has 0 fully saturated rings. The maximum atomic E-state index is 13.7. The normalized spacial score (nSPS) is 15.1. The minimum Gasteiger partial charge on any atom is -0.494 e. The van der Waals surface area contributed by atoms with E-state index in [1.54, 1.807) is 5.51 Å². The molecule has 0 saturated heterocycles. The van der Waals surface area contributed by atoms with Crippen molar-refractivity contribution >= 4 is 33.3 Å². The van der Waals surface area contributed by atoms with Gasteiger partial charge in [0.2, 0.25) is 10.9 Å². The Hall–Kier alpha value is -3.52. The Morgan fingerprint density at radius 2 is 1.83 bits per heavy atom. The number of rotatable bonds is 8. The Balaban J connectivity index is 1.56. The predicted octanol–water partition coefficient (Wildman–Crippen LogP) is 5.97.